The SMILES string of the molecule is O=C1C=C2CO[C@@H](O)C=C2O1. The van der Waals surface area contributed by atoms with E-state index in [1.807, 2.05) is 0 Å². The molecule has 0 aromatic heterocycles. The number of aliphatic hydroxyl groups excluding tert-OH is 1. The van der Waals surface area contributed by atoms with Gasteiger partial charge in [-0.25, -0.2) is 4.79 Å². The fourth-order valence-corrected chi connectivity index (χ4v) is 1.02. The van der Waals surface area contributed by atoms with E-state index in [0.29, 0.717) is 11.3 Å². The Bertz CT molecular complexity index is 264. The molecule has 4 heteroatoms. The molecular formula is C7H6O4. The Kier molecular flexibility index (Phi) is 1.30. The van der Waals surface area contributed by atoms with E-state index in [-0.39, 0.29) is 6.61 Å². The first-order valence-corrected chi connectivity index (χ1v) is 3.20. The van der Waals surface area contributed by atoms with Gasteiger partial charge in [-0.05, 0) is 0 Å². The summed E-state index contributed by atoms with van der Waals surface area (Å²) in [5.74, 6) is 0.0256. The van der Waals surface area contributed by atoms with E-state index >= 15 is 0 Å². The highest BCUT2D eigenvalue weighted by Gasteiger charge is 2.25. The molecule has 0 saturated carbocycles. The molecule has 1 N–H and O–H groups in total. The summed E-state index contributed by atoms with van der Waals surface area (Å²) in [6, 6.07) is 0. The molecule has 58 valence electrons. The first kappa shape index (κ1) is 6.57. The molecule has 0 aromatic rings. The number of carbonyl (C=O) groups is 1. The Morgan fingerprint density at radius 2 is 2.45 bits per heavy atom. The van der Waals surface area contributed by atoms with E-state index in [0.717, 1.165) is 0 Å². The van der Waals surface area contributed by atoms with Gasteiger partial charge in [-0.2, -0.15) is 0 Å². The summed E-state index contributed by atoms with van der Waals surface area (Å²) >= 11 is 0. The minimum absolute atomic E-state index is 0.235. The van der Waals surface area contributed by atoms with Crippen molar-refractivity contribution in [3.05, 3.63) is 23.5 Å². The van der Waals surface area contributed by atoms with Gasteiger partial charge in [-0.15, -0.1) is 0 Å². The first-order valence-electron chi connectivity index (χ1n) is 3.20. The third-order valence-corrected chi connectivity index (χ3v) is 1.52. The van der Waals surface area contributed by atoms with Gasteiger partial charge in [0.25, 0.3) is 0 Å². The van der Waals surface area contributed by atoms with Crippen LogP contribution in [0.15, 0.2) is 23.5 Å². The number of ether oxygens (including phenoxy) is 2. The van der Waals surface area contributed by atoms with Gasteiger partial charge in [0.05, 0.1) is 6.61 Å². The number of hydrogen-bond acceptors (Lipinski definition) is 4. The van der Waals surface area contributed by atoms with Crippen molar-refractivity contribution in [2.45, 2.75) is 6.29 Å². The summed E-state index contributed by atoms with van der Waals surface area (Å²) in [4.78, 5) is 10.6. The molecule has 0 fully saturated rings. The monoisotopic (exact) mass is 154 g/mol. The lowest BCUT2D eigenvalue weighted by atomic mass is 10.2. The van der Waals surface area contributed by atoms with Gasteiger partial charge in [0, 0.05) is 17.7 Å². The van der Waals surface area contributed by atoms with Crippen molar-refractivity contribution in [2.75, 3.05) is 6.61 Å². The quantitative estimate of drug-likeness (QED) is 0.487. The zero-order valence-electron chi connectivity index (χ0n) is 5.61. The summed E-state index contributed by atoms with van der Waals surface area (Å²) in [5, 5.41) is 8.93. The van der Waals surface area contributed by atoms with Crippen LogP contribution in [0.5, 0.6) is 0 Å². The average molecular weight is 154 g/mol. The van der Waals surface area contributed by atoms with Gasteiger partial charge in [-0.3, -0.25) is 0 Å². The Morgan fingerprint density at radius 3 is 3.27 bits per heavy atom. The molecule has 0 amide bonds. The molecule has 1 atom stereocenters. The molecule has 0 spiro atoms. The van der Waals surface area contributed by atoms with Crippen molar-refractivity contribution in [2.24, 2.45) is 0 Å². The van der Waals surface area contributed by atoms with Crippen LogP contribution in [0.3, 0.4) is 0 Å². The minimum Gasteiger partial charge on any atom is -0.423 e. The molecule has 0 bridgehead atoms. The largest absolute Gasteiger partial charge is 0.423 e. The van der Waals surface area contributed by atoms with Crippen LogP contribution >= 0.6 is 0 Å². The first-order chi connectivity index (χ1) is 5.25. The lowest BCUT2D eigenvalue weighted by Gasteiger charge is -2.15. The Balaban J connectivity index is 2.33. The Morgan fingerprint density at radius 1 is 1.64 bits per heavy atom. The predicted octanol–water partition coefficient (Wildman–Crippen LogP) is -0.298. The molecule has 0 saturated heterocycles. The van der Waals surface area contributed by atoms with Crippen molar-refractivity contribution < 1.29 is 19.4 Å². The summed E-state index contributed by atoms with van der Waals surface area (Å²) < 4.78 is 9.54. The van der Waals surface area contributed by atoms with E-state index in [2.05, 4.69) is 0 Å². The van der Waals surface area contributed by atoms with Crippen LogP contribution < -0.4 is 0 Å². The van der Waals surface area contributed by atoms with Crippen molar-refractivity contribution >= 4 is 5.97 Å². The zero-order chi connectivity index (χ0) is 7.84. The highest BCUT2D eigenvalue weighted by atomic mass is 16.6. The van der Waals surface area contributed by atoms with E-state index in [9.17, 15) is 4.79 Å². The van der Waals surface area contributed by atoms with Gasteiger partial charge in [0.2, 0.25) is 0 Å². The van der Waals surface area contributed by atoms with Gasteiger partial charge in [0.1, 0.15) is 5.76 Å². The molecule has 0 aliphatic carbocycles. The maximum Gasteiger partial charge on any atom is 0.336 e. The molecule has 2 aliphatic rings. The number of aliphatic hydroxyl groups is 1. The fourth-order valence-electron chi connectivity index (χ4n) is 1.02. The van der Waals surface area contributed by atoms with Crippen LogP contribution in [-0.4, -0.2) is 24.0 Å². The van der Waals surface area contributed by atoms with E-state index < -0.39 is 12.3 Å². The molecule has 11 heavy (non-hydrogen) atoms. The normalized spacial score (nSPS) is 28.8. The molecule has 2 aliphatic heterocycles. The van der Waals surface area contributed by atoms with Crippen LogP contribution in [0.4, 0.5) is 0 Å². The average Bonchev–Trinajstić information content (AvgIpc) is 2.27. The highest BCUT2D eigenvalue weighted by Crippen LogP contribution is 2.24. The van der Waals surface area contributed by atoms with Crippen LogP contribution in [-0.2, 0) is 14.3 Å². The highest BCUT2D eigenvalue weighted by molar-refractivity contribution is 5.88. The number of hydrogen-bond donors (Lipinski definition) is 1. The second kappa shape index (κ2) is 2.18. The zero-order valence-corrected chi connectivity index (χ0v) is 5.61. The third kappa shape index (κ3) is 1.06. The number of esters is 1. The topological polar surface area (TPSA) is 55.8 Å². The van der Waals surface area contributed by atoms with Crippen molar-refractivity contribution in [1.82, 2.24) is 0 Å². The number of carbonyl (C=O) groups excluding carboxylic acids is 1. The summed E-state index contributed by atoms with van der Waals surface area (Å²) in [6.07, 6.45) is 1.77. The fraction of sp³-hybridized carbons (Fsp3) is 0.286. The van der Waals surface area contributed by atoms with Crippen molar-refractivity contribution in [3.63, 3.8) is 0 Å². The van der Waals surface area contributed by atoms with Crippen molar-refractivity contribution in [3.8, 4) is 0 Å². The summed E-state index contributed by atoms with van der Waals surface area (Å²) in [7, 11) is 0. The number of rotatable bonds is 0. The summed E-state index contributed by atoms with van der Waals surface area (Å²) in [6.45, 7) is 0.235. The second-order valence-electron chi connectivity index (χ2n) is 2.32. The van der Waals surface area contributed by atoms with E-state index in [4.69, 9.17) is 14.6 Å². The second-order valence-corrected chi connectivity index (χ2v) is 2.32. The van der Waals surface area contributed by atoms with Crippen LogP contribution in [0, 0.1) is 0 Å². The van der Waals surface area contributed by atoms with Gasteiger partial charge in [-0.1, -0.05) is 0 Å². The van der Waals surface area contributed by atoms with E-state index in [1.165, 1.54) is 12.2 Å². The predicted molar refractivity (Wildman–Crippen MR) is 34.2 cm³/mol. The van der Waals surface area contributed by atoms with E-state index in [1.54, 1.807) is 0 Å². The number of fused-ring (bicyclic) bond motifs is 1. The Labute approximate surface area is 62.7 Å². The molecule has 2 heterocycles. The molecular weight excluding hydrogens is 148 g/mol. The Hall–Kier alpha value is -1.13. The molecule has 0 aromatic carbocycles. The molecule has 0 unspecified atom stereocenters. The maximum atomic E-state index is 10.6. The van der Waals surface area contributed by atoms with Gasteiger partial charge in [0.15, 0.2) is 6.29 Å². The lowest BCUT2D eigenvalue weighted by molar-refractivity contribution is -0.132. The van der Waals surface area contributed by atoms with Crippen LogP contribution in [0.25, 0.3) is 0 Å². The third-order valence-electron chi connectivity index (χ3n) is 1.52. The standard InChI is InChI=1S/C7H6O4/c8-6-2-5-4(3-10-6)1-7(9)11-5/h1-2,6,8H,3H2/t6-/m1/s1. The molecule has 2 rings (SSSR count). The smallest absolute Gasteiger partial charge is 0.336 e. The van der Waals surface area contributed by atoms with Crippen LogP contribution in [0.2, 0.25) is 0 Å². The lowest BCUT2D eigenvalue weighted by Crippen LogP contribution is -2.17. The molecule has 0 radical (unpaired) electrons. The van der Waals surface area contributed by atoms with Gasteiger partial charge >= 0.3 is 5.97 Å². The van der Waals surface area contributed by atoms with Crippen LogP contribution in [0.1, 0.15) is 0 Å². The van der Waals surface area contributed by atoms with Crippen molar-refractivity contribution in [1.29, 1.82) is 0 Å². The van der Waals surface area contributed by atoms with Gasteiger partial charge < -0.3 is 14.6 Å². The minimum atomic E-state index is -0.951. The summed E-state index contributed by atoms with van der Waals surface area (Å²) in [5.41, 5.74) is 0.695. The molecule has 4 nitrogen and oxygen atoms in total. The maximum absolute atomic E-state index is 10.6.